The van der Waals surface area contributed by atoms with E-state index < -0.39 is 22.5 Å². The van der Waals surface area contributed by atoms with Crippen LogP contribution in [0.5, 0.6) is 0 Å². The second-order valence-corrected chi connectivity index (χ2v) is 9.24. The van der Waals surface area contributed by atoms with Crippen LogP contribution < -0.4 is 0 Å². The summed E-state index contributed by atoms with van der Waals surface area (Å²) in [6.45, 7) is 0.160. The van der Waals surface area contributed by atoms with Crippen LogP contribution in [0.3, 0.4) is 0 Å². The first-order chi connectivity index (χ1) is 12.7. The minimum atomic E-state index is -3.29. The summed E-state index contributed by atoms with van der Waals surface area (Å²) in [5.41, 5.74) is 0.872. The lowest BCUT2D eigenvalue weighted by molar-refractivity contribution is -0.147. The van der Waals surface area contributed by atoms with Crippen LogP contribution in [-0.2, 0) is 19.6 Å². The second kappa shape index (κ2) is 7.55. The lowest BCUT2D eigenvalue weighted by Gasteiger charge is -2.37. The number of benzene rings is 1. The van der Waals surface area contributed by atoms with E-state index in [9.17, 15) is 27.5 Å². The van der Waals surface area contributed by atoms with Gasteiger partial charge in [0.15, 0.2) is 0 Å². The van der Waals surface area contributed by atoms with Gasteiger partial charge in [0, 0.05) is 25.0 Å². The molecule has 148 valence electrons. The summed E-state index contributed by atoms with van der Waals surface area (Å²) < 4.78 is 37.7. The van der Waals surface area contributed by atoms with Crippen molar-refractivity contribution in [3.05, 3.63) is 35.6 Å². The summed E-state index contributed by atoms with van der Waals surface area (Å²) in [6, 6.07) is 5.72. The van der Waals surface area contributed by atoms with Crippen molar-refractivity contribution in [2.45, 2.75) is 31.2 Å². The minimum Gasteiger partial charge on any atom is -0.480 e. The van der Waals surface area contributed by atoms with Gasteiger partial charge in [-0.25, -0.2) is 17.1 Å². The average molecular weight is 398 g/mol. The van der Waals surface area contributed by atoms with Crippen LogP contribution in [0.15, 0.2) is 24.3 Å². The number of piperidine rings is 1. The maximum absolute atomic E-state index is 13.1. The zero-order chi connectivity index (χ0) is 19.8. The van der Waals surface area contributed by atoms with E-state index in [0.717, 1.165) is 11.8 Å². The molecular formula is C18H23FN2O5S. The number of carbonyl (C=O) groups excluding carboxylic acids is 1. The average Bonchev–Trinajstić information content (AvgIpc) is 3.40. The predicted molar refractivity (Wildman–Crippen MR) is 96.0 cm³/mol. The Labute approximate surface area is 157 Å². The standard InChI is InChI=1S/C18H23FN2O5S/c1-27(25,26)20-8-6-14(7-9-20)21(11-17(22)23)18(24)16-10-15(16)12-2-4-13(19)5-3-12/h2-5,14-16H,6-11H2,1H3,(H,22,23). The summed E-state index contributed by atoms with van der Waals surface area (Å²) in [6.07, 6.45) is 2.59. The molecule has 2 atom stereocenters. The quantitative estimate of drug-likeness (QED) is 0.779. The van der Waals surface area contributed by atoms with E-state index in [1.165, 1.54) is 21.3 Å². The maximum Gasteiger partial charge on any atom is 0.323 e. The van der Waals surface area contributed by atoms with Crippen molar-refractivity contribution in [1.82, 2.24) is 9.21 Å². The van der Waals surface area contributed by atoms with Gasteiger partial charge in [-0.05, 0) is 42.9 Å². The molecule has 1 amide bonds. The predicted octanol–water partition coefficient (Wildman–Crippen LogP) is 1.27. The molecule has 2 aliphatic rings. The highest BCUT2D eigenvalue weighted by Gasteiger charge is 2.47. The third-order valence-electron chi connectivity index (χ3n) is 5.33. The van der Waals surface area contributed by atoms with Crippen molar-refractivity contribution in [2.75, 3.05) is 25.9 Å². The van der Waals surface area contributed by atoms with Gasteiger partial charge in [-0.1, -0.05) is 12.1 Å². The SMILES string of the molecule is CS(=O)(=O)N1CCC(N(CC(=O)O)C(=O)C2CC2c2ccc(F)cc2)CC1. The monoisotopic (exact) mass is 398 g/mol. The molecule has 9 heteroatoms. The van der Waals surface area contributed by atoms with Gasteiger partial charge in [-0.2, -0.15) is 0 Å². The Morgan fingerprint density at radius 3 is 2.33 bits per heavy atom. The molecule has 2 unspecified atom stereocenters. The summed E-state index contributed by atoms with van der Waals surface area (Å²) in [5, 5.41) is 9.22. The molecule has 1 saturated heterocycles. The van der Waals surface area contributed by atoms with Crippen LogP contribution in [0.25, 0.3) is 0 Å². The number of carbonyl (C=O) groups is 2. The van der Waals surface area contributed by atoms with Crippen LogP contribution >= 0.6 is 0 Å². The maximum atomic E-state index is 13.1. The fraction of sp³-hybridized carbons (Fsp3) is 0.556. The second-order valence-electron chi connectivity index (χ2n) is 7.25. The number of amides is 1. The Morgan fingerprint density at radius 2 is 1.81 bits per heavy atom. The highest BCUT2D eigenvalue weighted by molar-refractivity contribution is 7.88. The van der Waals surface area contributed by atoms with E-state index in [1.807, 2.05) is 0 Å². The van der Waals surface area contributed by atoms with E-state index in [2.05, 4.69) is 0 Å². The Morgan fingerprint density at radius 1 is 1.22 bits per heavy atom. The summed E-state index contributed by atoms with van der Waals surface area (Å²) in [4.78, 5) is 25.6. The molecule has 7 nitrogen and oxygen atoms in total. The van der Waals surface area contributed by atoms with E-state index >= 15 is 0 Å². The van der Waals surface area contributed by atoms with Crippen molar-refractivity contribution in [3.63, 3.8) is 0 Å². The molecule has 1 heterocycles. The summed E-state index contributed by atoms with van der Waals surface area (Å²) >= 11 is 0. The van der Waals surface area contributed by atoms with Gasteiger partial charge in [-0.3, -0.25) is 9.59 Å². The van der Waals surface area contributed by atoms with Crippen LogP contribution in [0, 0.1) is 11.7 Å². The number of carboxylic acid groups (broad SMARTS) is 1. The topological polar surface area (TPSA) is 95.0 Å². The van der Waals surface area contributed by atoms with E-state index in [4.69, 9.17) is 0 Å². The van der Waals surface area contributed by atoms with Gasteiger partial charge < -0.3 is 10.0 Å². The highest BCUT2D eigenvalue weighted by atomic mass is 32.2. The Kier molecular flexibility index (Phi) is 5.53. The Balaban J connectivity index is 1.67. The van der Waals surface area contributed by atoms with Gasteiger partial charge in [-0.15, -0.1) is 0 Å². The largest absolute Gasteiger partial charge is 0.480 e. The lowest BCUT2D eigenvalue weighted by Crippen LogP contribution is -2.50. The molecule has 1 aliphatic carbocycles. The normalized spacial score (nSPS) is 23.8. The van der Waals surface area contributed by atoms with Crippen LogP contribution in [0.4, 0.5) is 4.39 Å². The third-order valence-corrected chi connectivity index (χ3v) is 6.63. The molecule has 27 heavy (non-hydrogen) atoms. The number of sulfonamides is 1. The van der Waals surface area contributed by atoms with Crippen molar-refractivity contribution in [3.8, 4) is 0 Å². The fourth-order valence-electron chi connectivity index (χ4n) is 3.78. The molecule has 1 saturated carbocycles. The smallest absolute Gasteiger partial charge is 0.323 e. The summed E-state index contributed by atoms with van der Waals surface area (Å²) in [7, 11) is -3.29. The first-order valence-corrected chi connectivity index (χ1v) is 10.7. The van der Waals surface area contributed by atoms with Gasteiger partial charge >= 0.3 is 5.97 Å². The number of hydrogen-bond acceptors (Lipinski definition) is 4. The zero-order valence-electron chi connectivity index (χ0n) is 15.0. The first-order valence-electron chi connectivity index (χ1n) is 8.89. The molecular weight excluding hydrogens is 375 g/mol. The number of halogens is 1. The van der Waals surface area contributed by atoms with Gasteiger partial charge in [0.05, 0.1) is 6.26 Å². The van der Waals surface area contributed by atoms with E-state index in [-0.39, 0.29) is 42.7 Å². The highest BCUT2D eigenvalue weighted by Crippen LogP contribution is 2.48. The molecule has 3 rings (SSSR count). The van der Waals surface area contributed by atoms with Gasteiger partial charge in [0.1, 0.15) is 12.4 Å². The van der Waals surface area contributed by atoms with Crippen molar-refractivity contribution in [1.29, 1.82) is 0 Å². The first kappa shape index (κ1) is 19.8. The lowest BCUT2D eigenvalue weighted by atomic mass is 10.0. The number of aliphatic carboxylic acids is 1. The molecule has 1 aliphatic heterocycles. The van der Waals surface area contributed by atoms with Crippen molar-refractivity contribution < 1.29 is 27.5 Å². The van der Waals surface area contributed by atoms with Crippen molar-refractivity contribution >= 4 is 21.9 Å². The molecule has 0 radical (unpaired) electrons. The van der Waals surface area contributed by atoms with Crippen LogP contribution in [0.1, 0.15) is 30.7 Å². The van der Waals surface area contributed by atoms with E-state index in [0.29, 0.717) is 19.3 Å². The Hall–Kier alpha value is -2.00. The molecule has 1 aromatic rings. The molecule has 2 fully saturated rings. The molecule has 0 bridgehead atoms. The fourth-order valence-corrected chi connectivity index (χ4v) is 4.65. The third kappa shape index (κ3) is 4.65. The minimum absolute atomic E-state index is 0.0227. The summed E-state index contributed by atoms with van der Waals surface area (Å²) in [5.74, 6) is -1.97. The number of rotatable bonds is 6. The zero-order valence-corrected chi connectivity index (χ0v) is 15.9. The van der Waals surface area contributed by atoms with E-state index in [1.54, 1.807) is 12.1 Å². The number of nitrogens with zero attached hydrogens (tertiary/aromatic N) is 2. The number of carboxylic acids is 1. The Bertz CT molecular complexity index is 819. The van der Waals surface area contributed by atoms with Crippen molar-refractivity contribution in [2.24, 2.45) is 5.92 Å². The van der Waals surface area contributed by atoms with Crippen LogP contribution in [-0.4, -0.2) is 66.5 Å². The molecule has 1 N–H and O–H groups in total. The molecule has 0 spiro atoms. The molecule has 0 aromatic heterocycles. The van der Waals surface area contributed by atoms with Gasteiger partial charge in [0.2, 0.25) is 15.9 Å². The van der Waals surface area contributed by atoms with Gasteiger partial charge in [0.25, 0.3) is 0 Å². The molecule has 1 aromatic carbocycles. The van der Waals surface area contributed by atoms with Crippen LogP contribution in [0.2, 0.25) is 0 Å². The number of hydrogen-bond donors (Lipinski definition) is 1.